The van der Waals surface area contributed by atoms with Gasteiger partial charge in [0.05, 0.1) is 7.11 Å². The van der Waals surface area contributed by atoms with Crippen molar-refractivity contribution >= 4 is 23.1 Å². The number of hydrogen-bond acceptors (Lipinski definition) is 2. The minimum Gasteiger partial charge on any atom is -0.496 e. The maximum Gasteiger partial charge on any atom is 0.128 e. The molecule has 2 aromatic rings. The molecular formula is C14H13NO. The summed E-state index contributed by atoms with van der Waals surface area (Å²) >= 11 is 0. The number of ether oxygens (including phenoxy) is 1. The summed E-state index contributed by atoms with van der Waals surface area (Å²) in [5, 5.41) is 9.57. The summed E-state index contributed by atoms with van der Waals surface area (Å²) in [5.41, 5.74) is 1.89. The molecule has 2 heteroatoms. The number of hydrogen-bond donors (Lipinski definition) is 1. The molecule has 2 nitrogen and oxygen atoms in total. The zero-order valence-electron chi connectivity index (χ0n) is 9.16. The summed E-state index contributed by atoms with van der Waals surface area (Å²) in [6.07, 6.45) is 3.14. The smallest absolute Gasteiger partial charge is 0.128 e. The van der Waals surface area contributed by atoms with Crippen molar-refractivity contribution in [1.29, 1.82) is 5.41 Å². The predicted molar refractivity (Wildman–Crippen MR) is 68.5 cm³/mol. The molecule has 2 aromatic carbocycles. The minimum atomic E-state index is 0.730. The van der Waals surface area contributed by atoms with Crippen molar-refractivity contribution in [2.24, 2.45) is 0 Å². The van der Waals surface area contributed by atoms with Crippen molar-refractivity contribution in [3.63, 3.8) is 0 Å². The number of benzene rings is 2. The van der Waals surface area contributed by atoms with E-state index in [9.17, 15) is 0 Å². The first-order valence-electron chi connectivity index (χ1n) is 5.04. The predicted octanol–water partition coefficient (Wildman–Crippen LogP) is 3.49. The maximum absolute atomic E-state index is 7.44. The zero-order valence-corrected chi connectivity index (χ0v) is 9.16. The highest BCUT2D eigenvalue weighted by atomic mass is 16.5. The van der Waals surface area contributed by atoms with E-state index in [1.54, 1.807) is 7.11 Å². The standard InChI is InChI=1S/C14H13NO/c1-3-10-4-6-12-11(8-10)5-7-14(16-2)13(12)9-15/h3-9,15H,1H2,2H3. The Labute approximate surface area is 94.7 Å². The second kappa shape index (κ2) is 4.19. The van der Waals surface area contributed by atoms with E-state index in [0.29, 0.717) is 0 Å². The second-order valence-corrected chi connectivity index (χ2v) is 3.51. The van der Waals surface area contributed by atoms with E-state index in [2.05, 4.69) is 12.6 Å². The molecule has 0 unspecified atom stereocenters. The summed E-state index contributed by atoms with van der Waals surface area (Å²) in [7, 11) is 1.62. The van der Waals surface area contributed by atoms with Gasteiger partial charge in [0.25, 0.3) is 0 Å². The van der Waals surface area contributed by atoms with Gasteiger partial charge in [-0.15, -0.1) is 0 Å². The molecule has 0 saturated heterocycles. The lowest BCUT2D eigenvalue weighted by atomic mass is 10.0. The molecule has 0 amide bonds. The Bertz CT molecular complexity index is 558. The van der Waals surface area contributed by atoms with Crippen LogP contribution in [0.4, 0.5) is 0 Å². The molecule has 0 saturated carbocycles. The van der Waals surface area contributed by atoms with Crippen LogP contribution in [0.1, 0.15) is 11.1 Å². The van der Waals surface area contributed by atoms with Gasteiger partial charge in [-0.1, -0.05) is 30.9 Å². The minimum absolute atomic E-state index is 0.730. The lowest BCUT2D eigenvalue weighted by Gasteiger charge is -2.08. The van der Waals surface area contributed by atoms with Crippen LogP contribution in [0.15, 0.2) is 36.9 Å². The summed E-state index contributed by atoms with van der Waals surface area (Å²) < 4.78 is 5.23. The van der Waals surface area contributed by atoms with Crippen molar-refractivity contribution < 1.29 is 4.74 Å². The van der Waals surface area contributed by atoms with Crippen LogP contribution in [-0.4, -0.2) is 13.3 Å². The first-order valence-corrected chi connectivity index (χ1v) is 5.04. The van der Waals surface area contributed by atoms with Gasteiger partial charge >= 0.3 is 0 Å². The van der Waals surface area contributed by atoms with E-state index in [0.717, 1.165) is 27.6 Å². The van der Waals surface area contributed by atoms with Gasteiger partial charge in [-0.25, -0.2) is 0 Å². The highest BCUT2D eigenvalue weighted by Gasteiger charge is 2.05. The van der Waals surface area contributed by atoms with Crippen LogP contribution in [0.2, 0.25) is 0 Å². The van der Waals surface area contributed by atoms with Crippen LogP contribution in [0, 0.1) is 5.41 Å². The van der Waals surface area contributed by atoms with Gasteiger partial charge in [0.2, 0.25) is 0 Å². The van der Waals surface area contributed by atoms with Crippen molar-refractivity contribution in [3.05, 3.63) is 48.0 Å². The number of methoxy groups -OCH3 is 1. The number of fused-ring (bicyclic) bond motifs is 1. The highest BCUT2D eigenvalue weighted by Crippen LogP contribution is 2.27. The lowest BCUT2D eigenvalue weighted by molar-refractivity contribution is 0.415. The molecule has 0 radical (unpaired) electrons. The fourth-order valence-electron chi connectivity index (χ4n) is 1.81. The fraction of sp³-hybridized carbons (Fsp3) is 0.0714. The average molecular weight is 211 g/mol. The molecule has 2 rings (SSSR count). The van der Waals surface area contributed by atoms with Crippen LogP contribution in [0.3, 0.4) is 0 Å². The van der Waals surface area contributed by atoms with Crippen LogP contribution >= 0.6 is 0 Å². The summed E-state index contributed by atoms with van der Waals surface area (Å²) in [6, 6.07) is 9.91. The fourth-order valence-corrected chi connectivity index (χ4v) is 1.81. The van der Waals surface area contributed by atoms with Gasteiger partial charge in [-0.2, -0.15) is 0 Å². The molecule has 0 atom stereocenters. The summed E-state index contributed by atoms with van der Waals surface area (Å²) in [6.45, 7) is 3.74. The first kappa shape index (κ1) is 10.4. The number of nitrogens with one attached hydrogen (secondary N) is 1. The van der Waals surface area contributed by atoms with Gasteiger partial charge < -0.3 is 10.1 Å². The zero-order chi connectivity index (χ0) is 11.5. The SMILES string of the molecule is C=Cc1ccc2c(C=N)c(OC)ccc2c1. The Morgan fingerprint density at radius 3 is 2.69 bits per heavy atom. The molecule has 80 valence electrons. The van der Waals surface area contributed by atoms with E-state index in [1.807, 2.05) is 30.3 Å². The Morgan fingerprint density at radius 1 is 1.25 bits per heavy atom. The van der Waals surface area contributed by atoms with Crippen molar-refractivity contribution in [3.8, 4) is 5.75 Å². The molecule has 0 aliphatic carbocycles. The monoisotopic (exact) mass is 211 g/mol. The molecule has 0 fully saturated rings. The third-order valence-corrected chi connectivity index (χ3v) is 2.65. The molecule has 0 aromatic heterocycles. The van der Waals surface area contributed by atoms with E-state index < -0.39 is 0 Å². The topological polar surface area (TPSA) is 33.1 Å². The van der Waals surface area contributed by atoms with E-state index >= 15 is 0 Å². The third-order valence-electron chi connectivity index (χ3n) is 2.65. The van der Waals surface area contributed by atoms with E-state index in [4.69, 9.17) is 10.1 Å². The van der Waals surface area contributed by atoms with E-state index in [-0.39, 0.29) is 0 Å². The molecule has 0 aliphatic rings. The summed E-state index contributed by atoms with van der Waals surface area (Å²) in [5.74, 6) is 0.730. The largest absolute Gasteiger partial charge is 0.496 e. The Kier molecular flexibility index (Phi) is 2.73. The molecule has 0 bridgehead atoms. The van der Waals surface area contributed by atoms with Crippen LogP contribution in [-0.2, 0) is 0 Å². The Balaban J connectivity index is 2.78. The van der Waals surface area contributed by atoms with Gasteiger partial charge in [0.15, 0.2) is 0 Å². The van der Waals surface area contributed by atoms with Gasteiger partial charge in [-0.3, -0.25) is 0 Å². The first-order chi connectivity index (χ1) is 7.80. The van der Waals surface area contributed by atoms with E-state index in [1.165, 1.54) is 6.21 Å². The molecule has 1 N–H and O–H groups in total. The quantitative estimate of drug-likeness (QED) is 0.774. The molecule has 0 aliphatic heterocycles. The summed E-state index contributed by atoms with van der Waals surface area (Å²) in [4.78, 5) is 0. The van der Waals surface area contributed by atoms with Crippen LogP contribution in [0.25, 0.3) is 16.8 Å². The maximum atomic E-state index is 7.44. The average Bonchev–Trinajstić information content (AvgIpc) is 2.36. The molecule has 0 spiro atoms. The normalized spacial score (nSPS) is 10.1. The second-order valence-electron chi connectivity index (χ2n) is 3.51. The van der Waals surface area contributed by atoms with Crippen molar-refractivity contribution in [2.45, 2.75) is 0 Å². The molecular weight excluding hydrogens is 198 g/mol. The Hall–Kier alpha value is -2.09. The highest BCUT2D eigenvalue weighted by molar-refractivity contribution is 6.02. The van der Waals surface area contributed by atoms with Gasteiger partial charge in [0, 0.05) is 11.8 Å². The lowest BCUT2D eigenvalue weighted by Crippen LogP contribution is -1.92. The Morgan fingerprint density at radius 2 is 2.06 bits per heavy atom. The van der Waals surface area contributed by atoms with Gasteiger partial charge in [0.1, 0.15) is 5.75 Å². The third kappa shape index (κ3) is 1.58. The van der Waals surface area contributed by atoms with Crippen molar-refractivity contribution in [2.75, 3.05) is 7.11 Å². The van der Waals surface area contributed by atoms with Crippen LogP contribution < -0.4 is 4.74 Å². The van der Waals surface area contributed by atoms with Crippen LogP contribution in [0.5, 0.6) is 5.75 Å². The van der Waals surface area contributed by atoms with Gasteiger partial charge in [-0.05, 0) is 28.5 Å². The molecule has 16 heavy (non-hydrogen) atoms. The number of rotatable bonds is 3. The van der Waals surface area contributed by atoms with Crippen molar-refractivity contribution in [1.82, 2.24) is 0 Å². The molecule has 0 heterocycles.